The lowest BCUT2D eigenvalue weighted by Gasteiger charge is -2.23. The molecule has 0 aliphatic rings. The summed E-state index contributed by atoms with van der Waals surface area (Å²) in [6, 6.07) is 8.62. The molecule has 0 unspecified atom stereocenters. The summed E-state index contributed by atoms with van der Waals surface area (Å²) in [6.07, 6.45) is 3.49. The Morgan fingerprint density at radius 1 is 1.05 bits per heavy atom. The number of halogens is 1. The number of rotatable bonds is 12. The molecular weight excluding hydrogens is 495 g/mol. The Morgan fingerprint density at radius 2 is 1.62 bits per heavy atom. The first kappa shape index (κ1) is 30.2. The number of Topliss-reactive ketones (excluding diaryl/α,β-unsaturated/α-hetero) is 1. The van der Waals surface area contributed by atoms with Crippen LogP contribution >= 0.6 is 0 Å². The number of ether oxygens (including phenoxy) is 2. The molecule has 0 amide bonds. The predicted octanol–water partition coefficient (Wildman–Crippen LogP) is 6.28. The first-order valence-corrected chi connectivity index (χ1v) is 14.1. The largest absolute Gasteiger partial charge is 0.493 e. The molecule has 0 aliphatic carbocycles. The topological polar surface area (TPSA) is 86.7 Å². The van der Waals surface area contributed by atoms with Crippen molar-refractivity contribution in [2.75, 3.05) is 19.5 Å². The van der Waals surface area contributed by atoms with Crippen LogP contribution in [0.4, 0.5) is 4.39 Å². The zero-order chi connectivity index (χ0) is 28.0. The molecule has 0 bridgehead atoms. The van der Waals surface area contributed by atoms with Crippen molar-refractivity contribution in [2.45, 2.75) is 59.3 Å². The molecule has 37 heavy (non-hydrogen) atoms. The van der Waals surface area contributed by atoms with Gasteiger partial charge in [0, 0.05) is 11.8 Å². The van der Waals surface area contributed by atoms with E-state index in [4.69, 9.17) is 9.47 Å². The summed E-state index contributed by atoms with van der Waals surface area (Å²) < 4.78 is 49.2. The highest BCUT2D eigenvalue weighted by Crippen LogP contribution is 2.29. The molecule has 8 heteroatoms. The second-order valence-corrected chi connectivity index (χ2v) is 12.4. The maximum Gasteiger partial charge on any atom is 0.311 e. The van der Waals surface area contributed by atoms with Gasteiger partial charge in [-0.15, -0.1) is 0 Å². The number of esters is 1. The minimum atomic E-state index is -3.41. The zero-order valence-electron chi connectivity index (χ0n) is 22.7. The van der Waals surface area contributed by atoms with Crippen molar-refractivity contribution in [3.8, 4) is 5.75 Å². The van der Waals surface area contributed by atoms with E-state index >= 15 is 0 Å². The second kappa shape index (κ2) is 12.5. The first-order chi connectivity index (χ1) is 17.1. The molecule has 0 saturated heterocycles. The molecule has 0 saturated carbocycles. The molecule has 202 valence electrons. The number of carbonyl (C=O) groups is 2. The third-order valence-electron chi connectivity index (χ3n) is 5.83. The number of sulfone groups is 1. The Labute approximate surface area is 219 Å². The molecule has 2 aromatic carbocycles. The van der Waals surface area contributed by atoms with E-state index in [1.165, 1.54) is 24.3 Å². The van der Waals surface area contributed by atoms with E-state index < -0.39 is 26.9 Å². The lowest BCUT2D eigenvalue weighted by molar-refractivity contribution is -0.155. The van der Waals surface area contributed by atoms with Gasteiger partial charge in [-0.1, -0.05) is 13.8 Å². The Hall–Kier alpha value is -3.00. The molecule has 0 radical (unpaired) electrons. The van der Waals surface area contributed by atoms with Crippen LogP contribution in [0, 0.1) is 25.2 Å². The number of hydrogen-bond donors (Lipinski definition) is 0. The highest BCUT2D eigenvalue weighted by Gasteiger charge is 2.29. The maximum atomic E-state index is 14.7. The van der Waals surface area contributed by atoms with Gasteiger partial charge >= 0.3 is 5.97 Å². The number of carbonyl (C=O) groups excluding carboxylic acids is 2. The van der Waals surface area contributed by atoms with Crippen LogP contribution in [0.5, 0.6) is 5.75 Å². The summed E-state index contributed by atoms with van der Waals surface area (Å²) in [7, 11) is -3.41. The van der Waals surface area contributed by atoms with Gasteiger partial charge in [-0.3, -0.25) is 9.59 Å². The summed E-state index contributed by atoms with van der Waals surface area (Å²) in [4.78, 5) is 24.8. The summed E-state index contributed by atoms with van der Waals surface area (Å²) in [5.41, 5.74) is 1.55. The van der Waals surface area contributed by atoms with Crippen LogP contribution < -0.4 is 4.74 Å². The van der Waals surface area contributed by atoms with Crippen LogP contribution in [0.3, 0.4) is 0 Å². The van der Waals surface area contributed by atoms with Crippen LogP contribution in [0.15, 0.2) is 47.1 Å². The number of hydrogen-bond acceptors (Lipinski definition) is 6. The average Bonchev–Trinajstić information content (AvgIpc) is 2.80. The van der Waals surface area contributed by atoms with Crippen molar-refractivity contribution in [2.24, 2.45) is 11.3 Å². The van der Waals surface area contributed by atoms with Crippen molar-refractivity contribution in [1.29, 1.82) is 0 Å². The highest BCUT2D eigenvalue weighted by atomic mass is 32.2. The zero-order valence-corrected chi connectivity index (χ0v) is 23.5. The number of ketones is 1. The van der Waals surface area contributed by atoms with Crippen LogP contribution in [0.25, 0.3) is 6.08 Å². The van der Waals surface area contributed by atoms with E-state index in [1.807, 2.05) is 41.5 Å². The summed E-state index contributed by atoms with van der Waals surface area (Å²) in [6.45, 7) is 12.2. The van der Waals surface area contributed by atoms with Gasteiger partial charge in [-0.2, -0.15) is 0 Å². The summed E-state index contributed by atoms with van der Waals surface area (Å²) in [5, 5.41) is 0. The summed E-state index contributed by atoms with van der Waals surface area (Å²) >= 11 is 0. The molecule has 0 spiro atoms. The lowest BCUT2D eigenvalue weighted by atomic mass is 9.88. The van der Waals surface area contributed by atoms with Crippen LogP contribution in [-0.4, -0.2) is 39.6 Å². The van der Waals surface area contributed by atoms with Crippen molar-refractivity contribution < 1.29 is 31.9 Å². The molecule has 0 fully saturated rings. The van der Waals surface area contributed by atoms with E-state index in [9.17, 15) is 22.4 Å². The van der Waals surface area contributed by atoms with E-state index in [-0.39, 0.29) is 22.3 Å². The molecule has 0 heterocycles. The van der Waals surface area contributed by atoms with E-state index in [0.717, 1.165) is 23.5 Å². The number of aryl methyl sites for hydroxylation is 2. The number of allylic oxidation sites excluding steroid dienone is 1. The normalized spacial score (nSPS) is 12.5. The van der Waals surface area contributed by atoms with Gasteiger partial charge in [0.15, 0.2) is 15.7 Å². The third kappa shape index (κ3) is 8.81. The molecule has 0 N–H and O–H groups in total. The van der Waals surface area contributed by atoms with Crippen molar-refractivity contribution in [3.05, 3.63) is 64.5 Å². The van der Waals surface area contributed by atoms with E-state index in [1.54, 1.807) is 12.1 Å². The second-order valence-electron chi connectivity index (χ2n) is 10.4. The van der Waals surface area contributed by atoms with Gasteiger partial charge in [0.25, 0.3) is 0 Å². The molecule has 6 nitrogen and oxygen atoms in total. The Bertz CT molecular complexity index is 1230. The lowest BCUT2D eigenvalue weighted by Crippen LogP contribution is -2.28. The van der Waals surface area contributed by atoms with Crippen molar-refractivity contribution in [3.63, 3.8) is 0 Å². The van der Waals surface area contributed by atoms with Gasteiger partial charge in [-0.05, 0) is 106 Å². The first-order valence-electron chi connectivity index (χ1n) is 12.2. The van der Waals surface area contributed by atoms with E-state index in [0.29, 0.717) is 37.4 Å². The van der Waals surface area contributed by atoms with E-state index in [2.05, 4.69) is 0 Å². The summed E-state index contributed by atoms with van der Waals surface area (Å²) in [5.74, 6) is -1.03. The molecular formula is C29H37FO6S. The van der Waals surface area contributed by atoms with Gasteiger partial charge < -0.3 is 9.47 Å². The molecule has 0 atom stereocenters. The smallest absolute Gasteiger partial charge is 0.311 e. The maximum absolute atomic E-state index is 14.7. The fourth-order valence-corrected chi connectivity index (χ4v) is 4.36. The van der Waals surface area contributed by atoms with Gasteiger partial charge in [0.1, 0.15) is 5.75 Å². The fraction of sp³-hybridized carbons (Fsp3) is 0.448. The molecule has 0 aliphatic heterocycles. The number of benzene rings is 2. The monoisotopic (exact) mass is 532 g/mol. The van der Waals surface area contributed by atoms with Crippen LogP contribution in [0.1, 0.15) is 67.6 Å². The minimum absolute atomic E-state index is 0.0601. The molecule has 2 rings (SSSR count). The quantitative estimate of drug-likeness (QED) is 0.138. The van der Waals surface area contributed by atoms with Gasteiger partial charge in [0.05, 0.1) is 23.5 Å². The fourth-order valence-electron chi connectivity index (χ4n) is 3.73. The Morgan fingerprint density at radius 3 is 2.14 bits per heavy atom. The van der Waals surface area contributed by atoms with Crippen molar-refractivity contribution >= 4 is 27.7 Å². The van der Waals surface area contributed by atoms with Gasteiger partial charge in [0.2, 0.25) is 5.78 Å². The predicted molar refractivity (Wildman–Crippen MR) is 143 cm³/mol. The van der Waals surface area contributed by atoms with Gasteiger partial charge in [-0.25, -0.2) is 12.8 Å². The van der Waals surface area contributed by atoms with Crippen LogP contribution in [-0.2, 0) is 19.4 Å². The van der Waals surface area contributed by atoms with Crippen LogP contribution in [0.2, 0.25) is 0 Å². The highest BCUT2D eigenvalue weighted by molar-refractivity contribution is 7.90. The SMILES string of the molecule is Cc1cc(/C=C(\F)C(=O)c2ccc(S(C)(=O)=O)cc2)cc(C)c1OCCCC(C)(C)C(=O)OCC(C)C. The average molecular weight is 533 g/mol. The minimum Gasteiger partial charge on any atom is -0.493 e. The standard InChI is InChI=1S/C29H37FO6S/c1-19(2)18-36-28(32)29(5,6)13-8-14-35-27-20(3)15-22(16-21(27)4)17-25(30)26(31)23-9-11-24(12-10-23)37(7,33)34/h9-12,15-17,19H,8,13-14,18H2,1-7H3/b25-17-. The third-order valence-corrected chi connectivity index (χ3v) is 6.96. The Kier molecular flexibility index (Phi) is 10.2. The Balaban J connectivity index is 2.03. The molecule has 2 aromatic rings. The molecule has 0 aromatic heterocycles. The van der Waals surface area contributed by atoms with Crippen molar-refractivity contribution in [1.82, 2.24) is 0 Å².